The summed E-state index contributed by atoms with van der Waals surface area (Å²) in [5, 5.41) is 0. The van der Waals surface area contributed by atoms with E-state index in [1.165, 1.54) is 15.9 Å². The molecule has 0 aromatic heterocycles. The lowest BCUT2D eigenvalue weighted by molar-refractivity contribution is -0.0380. The predicted octanol–water partition coefficient (Wildman–Crippen LogP) is 4.04. The summed E-state index contributed by atoms with van der Waals surface area (Å²) in [6, 6.07) is 0. The maximum Gasteiger partial charge on any atom is 0.124 e. The normalized spacial score (nSPS) is 47.5. The van der Waals surface area contributed by atoms with Gasteiger partial charge in [0.2, 0.25) is 0 Å². The van der Waals surface area contributed by atoms with Gasteiger partial charge in [-0.25, -0.2) is 0 Å². The van der Waals surface area contributed by atoms with Crippen LogP contribution in [0.3, 0.4) is 0 Å². The Kier molecular flexibility index (Phi) is 2.77. The van der Waals surface area contributed by atoms with Crippen LogP contribution in [-0.2, 0) is 0 Å². The zero-order valence-corrected chi connectivity index (χ0v) is 12.0. The van der Waals surface area contributed by atoms with E-state index in [-0.39, 0.29) is 0 Å². The van der Waals surface area contributed by atoms with Crippen LogP contribution >= 0.6 is 23.5 Å². The van der Waals surface area contributed by atoms with E-state index in [4.69, 9.17) is 0 Å². The minimum Gasteiger partial charge on any atom is -0.271 e. The van der Waals surface area contributed by atoms with Gasteiger partial charge in [0.1, 0.15) is 4.38 Å². The van der Waals surface area contributed by atoms with E-state index in [9.17, 15) is 0 Å². The molecule has 4 bridgehead atoms. The van der Waals surface area contributed by atoms with Crippen molar-refractivity contribution in [2.45, 2.75) is 38.5 Å². The fourth-order valence-corrected chi connectivity index (χ4v) is 7.35. The zero-order valence-electron chi connectivity index (χ0n) is 10.4. The molecule has 4 aliphatic carbocycles. The molecule has 4 saturated carbocycles. The molecule has 1 nitrogen and oxygen atoms in total. The van der Waals surface area contributed by atoms with Gasteiger partial charge in [-0.2, -0.15) is 0 Å². The number of thioether (sulfide) groups is 2. The molecular weight excluding hydrogens is 246 g/mol. The summed E-state index contributed by atoms with van der Waals surface area (Å²) in [5.41, 5.74) is 0.727. The quantitative estimate of drug-likeness (QED) is 0.748. The Balaban J connectivity index is 1.45. The highest BCUT2D eigenvalue weighted by atomic mass is 32.2. The van der Waals surface area contributed by atoms with Crippen LogP contribution in [0.2, 0.25) is 0 Å². The van der Waals surface area contributed by atoms with Crippen molar-refractivity contribution in [3.63, 3.8) is 0 Å². The van der Waals surface area contributed by atoms with E-state index >= 15 is 0 Å². The number of hydrogen-bond donors (Lipinski definition) is 0. The molecule has 0 N–H and O–H groups in total. The van der Waals surface area contributed by atoms with Crippen LogP contribution in [0.25, 0.3) is 0 Å². The van der Waals surface area contributed by atoms with E-state index in [2.05, 4.69) is 16.8 Å². The topological polar surface area (TPSA) is 12.4 Å². The molecule has 5 aliphatic rings. The van der Waals surface area contributed by atoms with Gasteiger partial charge in [0, 0.05) is 11.5 Å². The van der Waals surface area contributed by atoms with Gasteiger partial charge in [-0.1, -0.05) is 23.5 Å². The first-order valence-electron chi connectivity index (χ1n) is 7.11. The third-order valence-corrected chi connectivity index (χ3v) is 7.83. The fourth-order valence-electron chi connectivity index (χ4n) is 5.08. The summed E-state index contributed by atoms with van der Waals surface area (Å²) in [6.07, 6.45) is 9.34. The van der Waals surface area contributed by atoms with Crippen molar-refractivity contribution >= 4 is 27.9 Å². The molecule has 0 saturated heterocycles. The molecule has 0 atom stereocenters. The van der Waals surface area contributed by atoms with E-state index in [0.717, 1.165) is 29.7 Å². The van der Waals surface area contributed by atoms with Gasteiger partial charge in [0.15, 0.2) is 0 Å². The maximum absolute atomic E-state index is 4.60. The molecule has 0 unspecified atom stereocenters. The zero-order chi connectivity index (χ0) is 11.3. The average Bonchev–Trinajstić information content (AvgIpc) is 2.77. The SMILES string of the molecule is C1CSC(SCC23CC4CC(CC(C4)C2)C3)=N1. The summed E-state index contributed by atoms with van der Waals surface area (Å²) in [4.78, 5) is 4.60. The van der Waals surface area contributed by atoms with Crippen molar-refractivity contribution in [1.82, 2.24) is 0 Å². The van der Waals surface area contributed by atoms with Gasteiger partial charge in [0.05, 0.1) is 6.54 Å². The van der Waals surface area contributed by atoms with Gasteiger partial charge >= 0.3 is 0 Å². The predicted molar refractivity (Wildman–Crippen MR) is 77.8 cm³/mol. The summed E-state index contributed by atoms with van der Waals surface area (Å²) in [7, 11) is 0. The largest absolute Gasteiger partial charge is 0.271 e. The van der Waals surface area contributed by atoms with Gasteiger partial charge in [0.25, 0.3) is 0 Å². The third kappa shape index (κ3) is 2.07. The summed E-state index contributed by atoms with van der Waals surface area (Å²) in [6.45, 7) is 1.06. The molecule has 94 valence electrons. The highest BCUT2D eigenvalue weighted by Gasteiger charge is 2.50. The molecule has 1 aliphatic heterocycles. The Morgan fingerprint density at radius 2 is 1.76 bits per heavy atom. The molecule has 4 fully saturated rings. The van der Waals surface area contributed by atoms with Crippen LogP contribution in [0.5, 0.6) is 0 Å². The average molecular weight is 267 g/mol. The van der Waals surface area contributed by atoms with Crippen molar-refractivity contribution in [3.05, 3.63) is 0 Å². The second-order valence-corrected chi connectivity index (χ2v) is 9.01. The van der Waals surface area contributed by atoms with Gasteiger partial charge < -0.3 is 0 Å². The Bertz CT molecular complexity index is 315. The Labute approximate surface area is 113 Å². The molecule has 1 heterocycles. The first kappa shape index (κ1) is 11.2. The highest BCUT2D eigenvalue weighted by Crippen LogP contribution is 2.61. The molecule has 0 spiro atoms. The molecule has 17 heavy (non-hydrogen) atoms. The Morgan fingerprint density at radius 1 is 1.12 bits per heavy atom. The molecule has 0 radical (unpaired) electrons. The number of hydrogen-bond acceptors (Lipinski definition) is 3. The minimum absolute atomic E-state index is 0.727. The van der Waals surface area contributed by atoms with Gasteiger partial charge in [-0.15, -0.1) is 0 Å². The second kappa shape index (κ2) is 4.19. The molecule has 0 aromatic rings. The van der Waals surface area contributed by atoms with Gasteiger partial charge in [-0.3, -0.25) is 4.99 Å². The maximum atomic E-state index is 4.60. The summed E-state index contributed by atoms with van der Waals surface area (Å²) < 4.78 is 1.39. The highest BCUT2D eigenvalue weighted by molar-refractivity contribution is 8.39. The monoisotopic (exact) mass is 267 g/mol. The van der Waals surface area contributed by atoms with E-state index in [1.54, 1.807) is 38.5 Å². The second-order valence-electron chi connectivity index (χ2n) is 6.70. The molecule has 0 aromatic carbocycles. The van der Waals surface area contributed by atoms with Crippen molar-refractivity contribution in [2.24, 2.45) is 28.2 Å². The minimum atomic E-state index is 0.727. The molecule has 5 rings (SSSR count). The van der Waals surface area contributed by atoms with E-state index in [1.807, 2.05) is 11.8 Å². The first-order valence-corrected chi connectivity index (χ1v) is 9.09. The van der Waals surface area contributed by atoms with Crippen LogP contribution in [0.4, 0.5) is 0 Å². The van der Waals surface area contributed by atoms with Crippen LogP contribution in [0, 0.1) is 23.2 Å². The van der Waals surface area contributed by atoms with Crippen molar-refractivity contribution < 1.29 is 0 Å². The lowest BCUT2D eigenvalue weighted by atomic mass is 9.50. The van der Waals surface area contributed by atoms with Crippen molar-refractivity contribution in [3.8, 4) is 0 Å². The van der Waals surface area contributed by atoms with Crippen LogP contribution in [-0.4, -0.2) is 22.4 Å². The number of aliphatic imine (C=N–C) groups is 1. The van der Waals surface area contributed by atoms with E-state index < -0.39 is 0 Å². The first-order chi connectivity index (χ1) is 8.31. The third-order valence-electron chi connectivity index (χ3n) is 5.22. The standard InChI is InChI=1S/C14H21NS2/c1-2-16-13(15-1)17-9-14-6-10-3-11(7-14)5-12(4-10)8-14/h10-12H,1-9H2. The van der Waals surface area contributed by atoms with Crippen molar-refractivity contribution in [2.75, 3.05) is 18.1 Å². The fraction of sp³-hybridized carbons (Fsp3) is 0.929. The van der Waals surface area contributed by atoms with E-state index in [0.29, 0.717) is 0 Å². The lowest BCUT2D eigenvalue weighted by Crippen LogP contribution is -2.47. The van der Waals surface area contributed by atoms with Crippen LogP contribution in [0.1, 0.15) is 38.5 Å². The smallest absolute Gasteiger partial charge is 0.124 e. The number of rotatable bonds is 2. The van der Waals surface area contributed by atoms with Crippen LogP contribution in [0.15, 0.2) is 4.99 Å². The van der Waals surface area contributed by atoms with Crippen LogP contribution < -0.4 is 0 Å². The van der Waals surface area contributed by atoms with Crippen molar-refractivity contribution in [1.29, 1.82) is 0 Å². The summed E-state index contributed by atoms with van der Waals surface area (Å²) >= 11 is 4.07. The molecule has 0 amide bonds. The Morgan fingerprint density at radius 3 is 2.29 bits per heavy atom. The molecule has 3 heteroatoms. The van der Waals surface area contributed by atoms with Gasteiger partial charge in [-0.05, 0) is 61.7 Å². The lowest BCUT2D eigenvalue weighted by Gasteiger charge is -2.56. The Hall–Kier alpha value is 0.370. The number of nitrogens with zero attached hydrogens (tertiary/aromatic N) is 1. The molecular formula is C14H21NS2. The summed E-state index contributed by atoms with van der Waals surface area (Å²) in [5.74, 6) is 5.89.